The molecule has 1 heterocycles. The van der Waals surface area contributed by atoms with Gasteiger partial charge >= 0.3 is 0 Å². The largest absolute Gasteiger partial charge is 0.302 e. The Kier molecular flexibility index (Phi) is 3.57. The Hall–Kier alpha value is -1.23. The third kappa shape index (κ3) is 2.72. The number of hydrogen-bond donors (Lipinski definition) is 1. The molecule has 1 saturated carbocycles. The number of carbonyl (C=O) groups excluding carboxylic acids is 2. The third-order valence-corrected chi connectivity index (χ3v) is 4.05. The Labute approximate surface area is 104 Å². The van der Waals surface area contributed by atoms with Crippen molar-refractivity contribution in [3.05, 3.63) is 11.1 Å². The first kappa shape index (κ1) is 12.2. The molecule has 2 unspecified atom stereocenters. The van der Waals surface area contributed by atoms with Crippen LogP contribution in [0.2, 0.25) is 0 Å². The van der Waals surface area contributed by atoms with E-state index in [2.05, 4.69) is 17.2 Å². The summed E-state index contributed by atoms with van der Waals surface area (Å²) >= 11 is 1.30. The second-order valence-corrected chi connectivity index (χ2v) is 5.46. The van der Waals surface area contributed by atoms with Crippen LogP contribution >= 0.6 is 11.3 Å². The first-order valence-electron chi connectivity index (χ1n) is 5.85. The molecule has 17 heavy (non-hydrogen) atoms. The number of nitrogens with one attached hydrogen (secondary N) is 1. The molecule has 1 amide bonds. The van der Waals surface area contributed by atoms with E-state index in [-0.39, 0.29) is 17.6 Å². The van der Waals surface area contributed by atoms with Crippen molar-refractivity contribution in [3.63, 3.8) is 0 Å². The van der Waals surface area contributed by atoms with Crippen molar-refractivity contribution in [3.8, 4) is 0 Å². The van der Waals surface area contributed by atoms with Crippen LogP contribution in [0.15, 0.2) is 5.38 Å². The number of aromatic nitrogens is 1. The maximum absolute atomic E-state index is 12.0. The lowest BCUT2D eigenvalue weighted by Gasteiger charge is -2.13. The van der Waals surface area contributed by atoms with Crippen LogP contribution in [0.5, 0.6) is 0 Å². The molecule has 1 aliphatic carbocycles. The Morgan fingerprint density at radius 2 is 2.24 bits per heavy atom. The molecular weight excluding hydrogens is 236 g/mol. The van der Waals surface area contributed by atoms with Gasteiger partial charge in [0.05, 0.1) is 0 Å². The van der Waals surface area contributed by atoms with Gasteiger partial charge in [0.2, 0.25) is 5.91 Å². The number of thiazole rings is 1. The topological polar surface area (TPSA) is 59.1 Å². The van der Waals surface area contributed by atoms with Gasteiger partial charge in [0.25, 0.3) is 0 Å². The van der Waals surface area contributed by atoms with E-state index in [0.29, 0.717) is 16.7 Å². The van der Waals surface area contributed by atoms with Gasteiger partial charge in [0, 0.05) is 18.2 Å². The van der Waals surface area contributed by atoms with E-state index < -0.39 is 0 Å². The molecule has 0 aromatic carbocycles. The predicted octanol–water partition coefficient (Wildman–Crippen LogP) is 2.72. The van der Waals surface area contributed by atoms with Crippen LogP contribution in [-0.2, 0) is 4.79 Å². The van der Waals surface area contributed by atoms with E-state index in [0.717, 1.165) is 19.3 Å². The number of Topliss-reactive ketones (excluding diaryl/α,β-unsaturated/α-hetero) is 1. The molecule has 2 rings (SSSR count). The fraction of sp³-hybridized carbons (Fsp3) is 0.583. The number of rotatable bonds is 3. The number of nitrogens with zero attached hydrogens (tertiary/aromatic N) is 1. The van der Waals surface area contributed by atoms with Crippen LogP contribution in [0.3, 0.4) is 0 Å². The standard InChI is InChI=1S/C12H16N2O2S/c1-7-4-3-5-9(7)11(16)14-12-13-10(6-17-12)8(2)15/h6-7,9H,3-5H2,1-2H3,(H,13,14,16). The molecule has 1 aromatic rings. The number of anilines is 1. The molecule has 4 nitrogen and oxygen atoms in total. The minimum atomic E-state index is -0.0732. The average molecular weight is 252 g/mol. The number of ketones is 1. The zero-order chi connectivity index (χ0) is 12.4. The molecule has 1 aliphatic rings. The molecule has 0 spiro atoms. The molecule has 0 aliphatic heterocycles. The molecule has 0 radical (unpaired) electrons. The third-order valence-electron chi connectivity index (χ3n) is 3.29. The Balaban J connectivity index is 2.00. The normalized spacial score (nSPS) is 23.6. The van der Waals surface area contributed by atoms with Gasteiger partial charge < -0.3 is 5.32 Å². The summed E-state index contributed by atoms with van der Waals surface area (Å²) in [5, 5.41) is 5.01. The fourth-order valence-corrected chi connectivity index (χ4v) is 2.98. The van der Waals surface area contributed by atoms with Gasteiger partial charge in [-0.3, -0.25) is 9.59 Å². The molecule has 0 saturated heterocycles. The lowest BCUT2D eigenvalue weighted by Crippen LogP contribution is -2.24. The number of hydrogen-bond acceptors (Lipinski definition) is 4. The summed E-state index contributed by atoms with van der Waals surface area (Å²) in [4.78, 5) is 27.1. The lowest BCUT2D eigenvalue weighted by atomic mass is 9.97. The summed E-state index contributed by atoms with van der Waals surface area (Å²) in [7, 11) is 0. The summed E-state index contributed by atoms with van der Waals surface area (Å²) in [5.41, 5.74) is 0.421. The van der Waals surface area contributed by atoms with Gasteiger partial charge in [0.1, 0.15) is 5.69 Å². The van der Waals surface area contributed by atoms with Crippen molar-refractivity contribution in [2.45, 2.75) is 33.1 Å². The Morgan fingerprint density at radius 1 is 1.47 bits per heavy atom. The summed E-state index contributed by atoms with van der Waals surface area (Å²) in [6.07, 6.45) is 3.20. The zero-order valence-electron chi connectivity index (χ0n) is 10.0. The van der Waals surface area contributed by atoms with Gasteiger partial charge in [-0.25, -0.2) is 4.98 Å². The smallest absolute Gasteiger partial charge is 0.229 e. The van der Waals surface area contributed by atoms with Crippen molar-refractivity contribution in [2.24, 2.45) is 11.8 Å². The number of carbonyl (C=O) groups is 2. The maximum atomic E-state index is 12.0. The van der Waals surface area contributed by atoms with Gasteiger partial charge in [-0.15, -0.1) is 11.3 Å². The second kappa shape index (κ2) is 4.96. The average Bonchev–Trinajstić information content (AvgIpc) is 2.86. The van der Waals surface area contributed by atoms with E-state index in [9.17, 15) is 9.59 Å². The van der Waals surface area contributed by atoms with Gasteiger partial charge in [-0.2, -0.15) is 0 Å². The van der Waals surface area contributed by atoms with Gasteiger partial charge in [-0.05, 0) is 18.8 Å². The highest BCUT2D eigenvalue weighted by Crippen LogP contribution is 2.32. The van der Waals surface area contributed by atoms with E-state index in [1.165, 1.54) is 18.3 Å². The van der Waals surface area contributed by atoms with Crippen LogP contribution in [-0.4, -0.2) is 16.7 Å². The maximum Gasteiger partial charge on any atom is 0.229 e. The van der Waals surface area contributed by atoms with Crippen molar-refractivity contribution in [2.75, 3.05) is 5.32 Å². The van der Waals surface area contributed by atoms with Crippen molar-refractivity contribution in [1.82, 2.24) is 4.98 Å². The van der Waals surface area contributed by atoms with E-state index >= 15 is 0 Å². The van der Waals surface area contributed by atoms with Crippen LogP contribution in [0, 0.1) is 11.8 Å². The molecule has 0 bridgehead atoms. The predicted molar refractivity (Wildman–Crippen MR) is 67.3 cm³/mol. The summed E-state index contributed by atoms with van der Waals surface area (Å²) < 4.78 is 0. The van der Waals surface area contributed by atoms with Crippen LogP contribution in [0.25, 0.3) is 0 Å². The fourth-order valence-electron chi connectivity index (χ4n) is 2.23. The Morgan fingerprint density at radius 3 is 2.76 bits per heavy atom. The minimum Gasteiger partial charge on any atom is -0.302 e. The summed E-state index contributed by atoms with van der Waals surface area (Å²) in [5.74, 6) is 0.511. The zero-order valence-corrected chi connectivity index (χ0v) is 10.8. The molecule has 5 heteroatoms. The first-order chi connectivity index (χ1) is 8.08. The second-order valence-electron chi connectivity index (χ2n) is 4.60. The molecular formula is C12H16N2O2S. The highest BCUT2D eigenvalue weighted by atomic mass is 32.1. The SMILES string of the molecule is CC(=O)c1csc(NC(=O)C2CCCC2C)n1. The van der Waals surface area contributed by atoms with Crippen molar-refractivity contribution >= 4 is 28.2 Å². The number of amides is 1. The van der Waals surface area contributed by atoms with Gasteiger partial charge in [0.15, 0.2) is 10.9 Å². The molecule has 2 atom stereocenters. The molecule has 92 valence electrons. The molecule has 1 N–H and O–H groups in total. The lowest BCUT2D eigenvalue weighted by molar-refractivity contribution is -0.120. The van der Waals surface area contributed by atoms with E-state index in [4.69, 9.17) is 0 Å². The monoisotopic (exact) mass is 252 g/mol. The molecule has 1 fully saturated rings. The summed E-state index contributed by atoms with van der Waals surface area (Å²) in [6, 6.07) is 0. The van der Waals surface area contributed by atoms with E-state index in [1.807, 2.05) is 0 Å². The quantitative estimate of drug-likeness (QED) is 0.841. The van der Waals surface area contributed by atoms with Crippen molar-refractivity contribution in [1.29, 1.82) is 0 Å². The first-order valence-corrected chi connectivity index (χ1v) is 6.73. The van der Waals surface area contributed by atoms with Crippen LogP contribution < -0.4 is 5.32 Å². The van der Waals surface area contributed by atoms with E-state index in [1.54, 1.807) is 5.38 Å². The highest BCUT2D eigenvalue weighted by Gasteiger charge is 2.30. The summed E-state index contributed by atoms with van der Waals surface area (Å²) in [6.45, 7) is 3.58. The van der Waals surface area contributed by atoms with Crippen LogP contribution in [0.1, 0.15) is 43.6 Å². The van der Waals surface area contributed by atoms with Gasteiger partial charge in [-0.1, -0.05) is 13.3 Å². The van der Waals surface area contributed by atoms with Crippen LogP contribution in [0.4, 0.5) is 5.13 Å². The minimum absolute atomic E-state index is 0.0412. The highest BCUT2D eigenvalue weighted by molar-refractivity contribution is 7.14. The Bertz CT molecular complexity index is 441. The van der Waals surface area contributed by atoms with Crippen molar-refractivity contribution < 1.29 is 9.59 Å². The molecule has 1 aromatic heterocycles.